The Morgan fingerprint density at radius 1 is 1.21 bits per heavy atom. The van der Waals surface area contributed by atoms with Crippen molar-refractivity contribution in [1.82, 2.24) is 0 Å². The summed E-state index contributed by atoms with van der Waals surface area (Å²) < 4.78 is 0. The van der Waals surface area contributed by atoms with Crippen molar-refractivity contribution >= 4 is 5.78 Å². The van der Waals surface area contributed by atoms with Crippen LogP contribution in [0.3, 0.4) is 0 Å². The van der Waals surface area contributed by atoms with Gasteiger partial charge in [-0.1, -0.05) is 18.4 Å². The maximum atomic E-state index is 12.0. The van der Waals surface area contributed by atoms with E-state index in [-0.39, 0.29) is 17.1 Å². The van der Waals surface area contributed by atoms with E-state index in [0.29, 0.717) is 30.1 Å². The molecule has 0 bridgehead atoms. The molecule has 0 spiro atoms. The van der Waals surface area contributed by atoms with E-state index in [9.17, 15) is 9.90 Å². The number of carbonyl (C=O) groups is 1. The average Bonchev–Trinajstić information content (AvgIpc) is 2.85. The molecule has 3 saturated carbocycles. The Kier molecular flexibility index (Phi) is 3.49. The number of aliphatic hydroxyl groups is 1. The zero-order chi connectivity index (χ0) is 17.1. The Balaban J connectivity index is 1.69. The normalized spacial score (nSPS) is 49.9. The van der Waals surface area contributed by atoms with Gasteiger partial charge in [0.15, 0.2) is 5.78 Å². The lowest BCUT2D eigenvalue weighted by Crippen LogP contribution is -2.53. The number of hydrogen-bond acceptors (Lipinski definition) is 2. The lowest BCUT2D eigenvalue weighted by atomic mass is 9.49. The molecular formula is C22H26O2. The Hall–Kier alpha value is -1.51. The first kappa shape index (κ1) is 16.0. The van der Waals surface area contributed by atoms with Gasteiger partial charge in [0, 0.05) is 17.8 Å². The molecule has 1 unspecified atom stereocenters. The van der Waals surface area contributed by atoms with Crippen LogP contribution in [-0.2, 0) is 4.79 Å². The van der Waals surface area contributed by atoms with Gasteiger partial charge in [-0.3, -0.25) is 4.79 Å². The van der Waals surface area contributed by atoms with Crippen molar-refractivity contribution in [2.75, 3.05) is 0 Å². The molecule has 2 heteroatoms. The van der Waals surface area contributed by atoms with Gasteiger partial charge >= 0.3 is 0 Å². The van der Waals surface area contributed by atoms with Gasteiger partial charge in [0.05, 0.1) is 0 Å². The summed E-state index contributed by atoms with van der Waals surface area (Å²) in [6.07, 6.45) is 19.8. The van der Waals surface area contributed by atoms with E-state index in [2.05, 4.69) is 18.8 Å². The molecule has 2 nitrogen and oxygen atoms in total. The maximum absolute atomic E-state index is 12.0. The highest BCUT2D eigenvalue weighted by Crippen LogP contribution is 2.65. The molecule has 4 aliphatic carbocycles. The third-order valence-electron chi connectivity index (χ3n) is 7.95. The topological polar surface area (TPSA) is 37.3 Å². The van der Waals surface area contributed by atoms with Crippen LogP contribution in [0.5, 0.6) is 0 Å². The summed E-state index contributed by atoms with van der Waals surface area (Å²) in [5.41, 5.74) is 0.178. The van der Waals surface area contributed by atoms with Crippen LogP contribution in [0.25, 0.3) is 0 Å². The molecule has 0 amide bonds. The standard InChI is InChI=1S/C22H26O2/c1-4-14-12-16(23)13-15-6-7-17-18(20(14)15)8-10-21(3)19(17)9-11-22(21,24)5-2/h1-2,13-14,17-20,24H,6-12H2,3H3/t14?,17-,18+,19+,20-,21+,22+/m1/s1. The number of rotatable bonds is 0. The van der Waals surface area contributed by atoms with Crippen LogP contribution in [0.15, 0.2) is 11.6 Å². The fourth-order valence-corrected chi connectivity index (χ4v) is 6.70. The first-order valence-electron chi connectivity index (χ1n) is 9.33. The number of carbonyl (C=O) groups excluding carboxylic acids is 1. The summed E-state index contributed by atoms with van der Waals surface area (Å²) in [7, 11) is 0. The summed E-state index contributed by atoms with van der Waals surface area (Å²) in [4.78, 5) is 12.0. The van der Waals surface area contributed by atoms with Gasteiger partial charge in [0.25, 0.3) is 0 Å². The summed E-state index contributed by atoms with van der Waals surface area (Å²) in [5, 5.41) is 11.0. The lowest BCUT2D eigenvalue weighted by molar-refractivity contribution is -0.117. The Morgan fingerprint density at radius 2 is 2.00 bits per heavy atom. The molecule has 0 aliphatic heterocycles. The molecule has 0 aromatic rings. The van der Waals surface area contributed by atoms with E-state index in [4.69, 9.17) is 12.8 Å². The third kappa shape index (κ3) is 1.93. The largest absolute Gasteiger partial charge is 0.377 e. The van der Waals surface area contributed by atoms with Crippen LogP contribution in [0.1, 0.15) is 51.9 Å². The van der Waals surface area contributed by atoms with E-state index in [1.54, 1.807) is 0 Å². The SMILES string of the molecule is C#CC1CC(=O)C=C2CC[C@@H]3[C@H](CC[C@@]4(C)[C@H]3CC[C@@]4(O)C#C)[C@@H]21. The second kappa shape index (κ2) is 5.24. The van der Waals surface area contributed by atoms with Gasteiger partial charge in [0.1, 0.15) is 5.60 Å². The second-order valence-corrected chi connectivity index (χ2v) is 8.66. The van der Waals surface area contributed by atoms with Gasteiger partial charge in [-0.2, -0.15) is 0 Å². The predicted molar refractivity (Wildman–Crippen MR) is 93.6 cm³/mol. The van der Waals surface area contributed by atoms with Crippen LogP contribution in [0, 0.1) is 59.7 Å². The van der Waals surface area contributed by atoms with Crippen molar-refractivity contribution in [2.45, 2.75) is 57.5 Å². The first-order chi connectivity index (χ1) is 11.4. The van der Waals surface area contributed by atoms with Crippen LogP contribution in [-0.4, -0.2) is 16.5 Å². The molecule has 0 radical (unpaired) electrons. The molecule has 3 fully saturated rings. The molecule has 126 valence electrons. The van der Waals surface area contributed by atoms with Crippen molar-refractivity contribution in [1.29, 1.82) is 0 Å². The number of terminal acetylenes is 2. The van der Waals surface area contributed by atoms with E-state index >= 15 is 0 Å². The van der Waals surface area contributed by atoms with Crippen LogP contribution >= 0.6 is 0 Å². The van der Waals surface area contributed by atoms with E-state index < -0.39 is 5.60 Å². The monoisotopic (exact) mass is 322 g/mol. The van der Waals surface area contributed by atoms with Crippen LogP contribution in [0.4, 0.5) is 0 Å². The average molecular weight is 322 g/mol. The smallest absolute Gasteiger partial charge is 0.156 e. The molecular weight excluding hydrogens is 296 g/mol. The zero-order valence-corrected chi connectivity index (χ0v) is 14.4. The molecule has 0 aromatic carbocycles. The lowest BCUT2D eigenvalue weighted by Gasteiger charge is -2.55. The molecule has 24 heavy (non-hydrogen) atoms. The minimum absolute atomic E-state index is 0.0579. The van der Waals surface area contributed by atoms with Crippen LogP contribution in [0.2, 0.25) is 0 Å². The quantitative estimate of drug-likeness (QED) is 0.695. The number of ketones is 1. The third-order valence-corrected chi connectivity index (χ3v) is 7.95. The first-order valence-corrected chi connectivity index (χ1v) is 9.33. The number of allylic oxidation sites excluding steroid dienone is 1. The minimum atomic E-state index is -0.952. The molecule has 7 atom stereocenters. The predicted octanol–water partition coefficient (Wildman–Crippen LogP) is 3.35. The highest BCUT2D eigenvalue weighted by Gasteiger charge is 2.62. The van der Waals surface area contributed by atoms with Crippen molar-refractivity contribution in [3.05, 3.63) is 11.6 Å². The van der Waals surface area contributed by atoms with E-state index in [1.807, 2.05) is 6.08 Å². The fraction of sp³-hybridized carbons (Fsp3) is 0.682. The zero-order valence-electron chi connectivity index (χ0n) is 14.4. The molecule has 0 aromatic heterocycles. The highest BCUT2D eigenvalue weighted by atomic mass is 16.3. The fourth-order valence-electron chi connectivity index (χ4n) is 6.70. The molecule has 1 N–H and O–H groups in total. The molecule has 4 aliphatic rings. The number of fused-ring (bicyclic) bond motifs is 5. The van der Waals surface area contributed by atoms with Gasteiger partial charge in [-0.05, 0) is 68.3 Å². The molecule has 0 heterocycles. The van der Waals surface area contributed by atoms with Gasteiger partial charge in [-0.25, -0.2) is 0 Å². The van der Waals surface area contributed by atoms with Crippen molar-refractivity contribution < 1.29 is 9.90 Å². The van der Waals surface area contributed by atoms with Crippen LogP contribution < -0.4 is 0 Å². The molecule has 0 saturated heterocycles. The Morgan fingerprint density at radius 3 is 2.71 bits per heavy atom. The van der Waals surface area contributed by atoms with Gasteiger partial charge in [0.2, 0.25) is 0 Å². The van der Waals surface area contributed by atoms with Crippen molar-refractivity contribution in [3.8, 4) is 24.7 Å². The summed E-state index contributed by atoms with van der Waals surface area (Å²) in [5.74, 6) is 7.89. The highest BCUT2D eigenvalue weighted by molar-refractivity contribution is 5.92. The van der Waals surface area contributed by atoms with Crippen molar-refractivity contribution in [3.63, 3.8) is 0 Å². The van der Waals surface area contributed by atoms with Gasteiger partial charge in [-0.15, -0.1) is 18.8 Å². The summed E-state index contributed by atoms with van der Waals surface area (Å²) >= 11 is 0. The number of hydrogen-bond donors (Lipinski definition) is 1. The van der Waals surface area contributed by atoms with E-state index in [1.165, 1.54) is 5.57 Å². The van der Waals surface area contributed by atoms with Gasteiger partial charge < -0.3 is 5.11 Å². The second-order valence-electron chi connectivity index (χ2n) is 8.66. The maximum Gasteiger partial charge on any atom is 0.156 e. The Bertz CT molecular complexity index is 690. The van der Waals surface area contributed by atoms with Crippen molar-refractivity contribution in [2.24, 2.45) is 35.0 Å². The Labute approximate surface area is 145 Å². The molecule has 4 rings (SSSR count). The summed E-state index contributed by atoms with van der Waals surface area (Å²) in [6, 6.07) is 0. The summed E-state index contributed by atoms with van der Waals surface area (Å²) in [6.45, 7) is 2.20. The van der Waals surface area contributed by atoms with E-state index in [0.717, 1.165) is 38.5 Å². The minimum Gasteiger partial charge on any atom is -0.377 e.